The van der Waals surface area contributed by atoms with Crippen LogP contribution < -0.4 is 24.4 Å². The topological polar surface area (TPSA) is 107 Å². The van der Waals surface area contributed by atoms with Gasteiger partial charge in [-0.15, -0.1) is 0 Å². The summed E-state index contributed by atoms with van der Waals surface area (Å²) in [6.07, 6.45) is 0.301. The standard InChI is InChI=1S/C26H27F3N6O4/c1-37-20-10-17(11-21(38-2)23(20)39-3)34-12-22(30-14-34)32-24-18-7-6-15(26(27,28)29)9-19(18)31-25(33-24)35-8-4-5-16(35)13-36/h6-7,9-12,14,16,36H,4-5,8,13H2,1-3H3,(H,31,32,33)/t16-/m0/s1. The molecule has 1 saturated heterocycles. The van der Waals surface area contributed by atoms with Gasteiger partial charge in [0.15, 0.2) is 11.5 Å². The molecule has 0 spiro atoms. The largest absolute Gasteiger partial charge is 0.493 e. The van der Waals surface area contributed by atoms with Gasteiger partial charge in [-0.2, -0.15) is 18.2 Å². The van der Waals surface area contributed by atoms with E-state index in [1.54, 1.807) is 29.2 Å². The van der Waals surface area contributed by atoms with Crippen LogP contribution in [0.2, 0.25) is 0 Å². The van der Waals surface area contributed by atoms with Crippen LogP contribution in [0.4, 0.5) is 30.8 Å². The molecule has 0 radical (unpaired) electrons. The molecule has 10 nitrogen and oxygen atoms in total. The SMILES string of the molecule is COc1cc(-n2cnc(Nc3nc(N4CCC[C@H]4CO)nc4cc(C(F)(F)F)ccc34)c2)cc(OC)c1OC. The summed E-state index contributed by atoms with van der Waals surface area (Å²) in [5.41, 5.74) is -0.00154. The van der Waals surface area contributed by atoms with Crippen molar-refractivity contribution < 1.29 is 32.5 Å². The van der Waals surface area contributed by atoms with E-state index in [2.05, 4.69) is 20.3 Å². The van der Waals surface area contributed by atoms with E-state index in [0.717, 1.165) is 25.0 Å². The van der Waals surface area contributed by atoms with Gasteiger partial charge in [0.05, 0.1) is 56.9 Å². The van der Waals surface area contributed by atoms with E-state index in [1.165, 1.54) is 27.4 Å². The Morgan fingerprint density at radius 2 is 1.79 bits per heavy atom. The van der Waals surface area contributed by atoms with Crippen molar-refractivity contribution in [2.75, 3.05) is 44.7 Å². The fourth-order valence-electron chi connectivity index (χ4n) is 4.67. The third-order valence-electron chi connectivity index (χ3n) is 6.63. The fourth-order valence-corrected chi connectivity index (χ4v) is 4.67. The number of hydrogen-bond acceptors (Lipinski definition) is 9. The molecule has 3 heterocycles. The van der Waals surface area contributed by atoms with Gasteiger partial charge in [0, 0.05) is 24.1 Å². The van der Waals surface area contributed by atoms with Crippen molar-refractivity contribution in [1.82, 2.24) is 19.5 Å². The number of rotatable bonds is 8. The number of benzene rings is 2. The molecule has 4 aromatic rings. The van der Waals surface area contributed by atoms with Crippen molar-refractivity contribution in [3.63, 3.8) is 0 Å². The van der Waals surface area contributed by atoms with Crippen molar-refractivity contribution in [2.24, 2.45) is 0 Å². The lowest BCUT2D eigenvalue weighted by atomic mass is 10.1. The molecule has 0 unspecified atom stereocenters. The van der Waals surface area contributed by atoms with E-state index >= 15 is 0 Å². The Balaban J connectivity index is 1.55. The molecule has 0 saturated carbocycles. The van der Waals surface area contributed by atoms with Gasteiger partial charge in [0.2, 0.25) is 11.7 Å². The van der Waals surface area contributed by atoms with Crippen LogP contribution in [-0.4, -0.2) is 65.1 Å². The van der Waals surface area contributed by atoms with Crippen LogP contribution in [0.3, 0.4) is 0 Å². The summed E-state index contributed by atoms with van der Waals surface area (Å²) in [5.74, 6) is 2.31. The normalized spacial score (nSPS) is 15.6. The Bertz CT molecular complexity index is 1470. The summed E-state index contributed by atoms with van der Waals surface area (Å²) in [4.78, 5) is 15.3. The number of nitrogens with zero attached hydrogens (tertiary/aromatic N) is 5. The lowest BCUT2D eigenvalue weighted by Crippen LogP contribution is -2.33. The minimum atomic E-state index is -4.52. The van der Waals surface area contributed by atoms with Crippen LogP contribution in [0, 0.1) is 0 Å². The molecule has 2 N–H and O–H groups in total. The van der Waals surface area contributed by atoms with E-state index in [0.29, 0.717) is 46.5 Å². The van der Waals surface area contributed by atoms with Crippen molar-refractivity contribution >= 4 is 28.5 Å². The van der Waals surface area contributed by atoms with E-state index < -0.39 is 11.7 Å². The number of aliphatic hydroxyl groups is 1. The number of aliphatic hydroxyl groups excluding tert-OH is 1. The number of methoxy groups -OCH3 is 3. The first-order valence-electron chi connectivity index (χ1n) is 12.1. The molecule has 0 amide bonds. The lowest BCUT2D eigenvalue weighted by Gasteiger charge is -2.24. The van der Waals surface area contributed by atoms with Crippen molar-refractivity contribution in [3.8, 4) is 22.9 Å². The first kappa shape index (κ1) is 26.4. The summed E-state index contributed by atoms with van der Waals surface area (Å²) in [6, 6.07) is 6.65. The summed E-state index contributed by atoms with van der Waals surface area (Å²) >= 11 is 0. The highest BCUT2D eigenvalue weighted by Crippen LogP contribution is 2.40. The number of anilines is 3. The first-order valence-corrected chi connectivity index (χ1v) is 12.1. The predicted molar refractivity (Wildman–Crippen MR) is 138 cm³/mol. The summed E-state index contributed by atoms with van der Waals surface area (Å²) < 4.78 is 58.3. The highest BCUT2D eigenvalue weighted by atomic mass is 19.4. The molecule has 0 bridgehead atoms. The molecule has 206 valence electrons. The number of nitrogens with one attached hydrogen (secondary N) is 1. The Hall–Kier alpha value is -4.26. The zero-order valence-corrected chi connectivity index (χ0v) is 21.5. The van der Waals surface area contributed by atoms with Gasteiger partial charge in [0.1, 0.15) is 18.0 Å². The first-order chi connectivity index (χ1) is 18.7. The molecule has 0 aliphatic carbocycles. The second kappa shape index (κ2) is 10.5. The molecule has 1 aliphatic heterocycles. The van der Waals surface area contributed by atoms with Crippen LogP contribution in [0.25, 0.3) is 16.6 Å². The Labute approximate surface area is 222 Å². The number of fused-ring (bicyclic) bond motifs is 1. The molecule has 5 rings (SSSR count). The molecule has 2 aromatic heterocycles. The number of hydrogen-bond donors (Lipinski definition) is 2. The van der Waals surface area contributed by atoms with Crippen molar-refractivity contribution in [2.45, 2.75) is 25.1 Å². The predicted octanol–water partition coefficient (Wildman–Crippen LogP) is 4.56. The number of aromatic nitrogens is 4. The Kier molecular flexibility index (Phi) is 7.08. The number of alkyl halides is 3. The third-order valence-corrected chi connectivity index (χ3v) is 6.63. The van der Waals surface area contributed by atoms with Crippen LogP contribution in [-0.2, 0) is 6.18 Å². The van der Waals surface area contributed by atoms with Crippen LogP contribution >= 0.6 is 0 Å². The minimum Gasteiger partial charge on any atom is -0.493 e. The third kappa shape index (κ3) is 5.09. The zero-order valence-electron chi connectivity index (χ0n) is 21.5. The summed E-state index contributed by atoms with van der Waals surface area (Å²) in [5, 5.41) is 13.3. The Morgan fingerprint density at radius 1 is 1.05 bits per heavy atom. The van der Waals surface area contributed by atoms with E-state index in [1.807, 2.05) is 4.90 Å². The highest BCUT2D eigenvalue weighted by molar-refractivity contribution is 5.92. The van der Waals surface area contributed by atoms with Crippen LogP contribution in [0.5, 0.6) is 17.2 Å². The molecule has 1 fully saturated rings. The molecule has 39 heavy (non-hydrogen) atoms. The van der Waals surface area contributed by atoms with E-state index in [-0.39, 0.29) is 24.1 Å². The molecule has 2 aromatic carbocycles. The van der Waals surface area contributed by atoms with E-state index in [9.17, 15) is 18.3 Å². The maximum absolute atomic E-state index is 13.5. The highest BCUT2D eigenvalue weighted by Gasteiger charge is 2.32. The van der Waals surface area contributed by atoms with Gasteiger partial charge in [-0.25, -0.2) is 9.97 Å². The summed E-state index contributed by atoms with van der Waals surface area (Å²) in [7, 11) is 4.56. The quantitative estimate of drug-likeness (QED) is 0.330. The van der Waals surface area contributed by atoms with Crippen molar-refractivity contribution in [1.29, 1.82) is 0 Å². The maximum Gasteiger partial charge on any atom is 0.416 e. The maximum atomic E-state index is 13.5. The van der Waals surface area contributed by atoms with Crippen LogP contribution in [0.1, 0.15) is 18.4 Å². The summed E-state index contributed by atoms with van der Waals surface area (Å²) in [6.45, 7) is 0.483. The van der Waals surface area contributed by atoms with Gasteiger partial charge in [-0.05, 0) is 31.0 Å². The van der Waals surface area contributed by atoms with Gasteiger partial charge >= 0.3 is 6.18 Å². The molecule has 1 aliphatic rings. The zero-order chi connectivity index (χ0) is 27.7. The molecular weight excluding hydrogens is 517 g/mol. The molecular formula is C26H27F3N6O4. The van der Waals surface area contributed by atoms with Gasteiger partial charge in [-0.1, -0.05) is 0 Å². The number of imidazole rings is 1. The minimum absolute atomic E-state index is 0.105. The van der Waals surface area contributed by atoms with Gasteiger partial charge < -0.3 is 34.1 Å². The van der Waals surface area contributed by atoms with Crippen molar-refractivity contribution in [3.05, 3.63) is 48.4 Å². The fraction of sp³-hybridized carbons (Fsp3) is 0.346. The second-order valence-corrected chi connectivity index (χ2v) is 8.95. The average Bonchev–Trinajstić information content (AvgIpc) is 3.61. The smallest absolute Gasteiger partial charge is 0.416 e. The number of halogens is 3. The van der Waals surface area contributed by atoms with Gasteiger partial charge in [0.25, 0.3) is 0 Å². The molecule has 13 heteroatoms. The molecule has 1 atom stereocenters. The monoisotopic (exact) mass is 544 g/mol. The average molecular weight is 545 g/mol. The van der Waals surface area contributed by atoms with E-state index in [4.69, 9.17) is 14.2 Å². The van der Waals surface area contributed by atoms with Gasteiger partial charge in [-0.3, -0.25) is 0 Å². The lowest BCUT2D eigenvalue weighted by molar-refractivity contribution is -0.137. The second-order valence-electron chi connectivity index (χ2n) is 8.95. The number of ether oxygens (including phenoxy) is 3. The van der Waals surface area contributed by atoms with Crippen LogP contribution in [0.15, 0.2) is 42.9 Å². The Morgan fingerprint density at radius 3 is 2.44 bits per heavy atom.